The summed E-state index contributed by atoms with van der Waals surface area (Å²) in [4.78, 5) is 32.9. The van der Waals surface area contributed by atoms with Gasteiger partial charge in [-0.15, -0.1) is 0 Å². The standard InChI is InChI=1S/C9H4O3.2ClH.H2O.Zn/c10-7-5-3-1-2-4-6(5)8(11)9(7)12;;;;/h1-4H;2*1H;1H2;/q;;;;+2/p-2. The Kier molecular flexibility index (Phi) is 9.90. The molecule has 0 amide bonds. The zero-order valence-corrected chi connectivity index (χ0v) is 12.5. The van der Waals surface area contributed by atoms with Crippen LogP contribution in [0.5, 0.6) is 0 Å². The third kappa shape index (κ3) is 2.95. The van der Waals surface area contributed by atoms with Crippen LogP contribution in [0.4, 0.5) is 0 Å². The van der Waals surface area contributed by atoms with E-state index >= 15 is 0 Å². The van der Waals surface area contributed by atoms with Gasteiger partial charge in [0.15, 0.2) is 0 Å². The quantitative estimate of drug-likeness (QED) is 0.358. The summed E-state index contributed by atoms with van der Waals surface area (Å²) in [6, 6.07) is 6.23. The molecule has 0 heterocycles. The van der Waals surface area contributed by atoms with E-state index in [4.69, 9.17) is 0 Å². The maximum Gasteiger partial charge on any atom is 2.00 e. The SMILES string of the molecule is O.O=c1c(=O)c2ccccc2c1=O.[Cl-].[Cl-].[Zn+2]. The maximum absolute atomic E-state index is 11.0. The summed E-state index contributed by atoms with van der Waals surface area (Å²) in [6.07, 6.45) is 0. The Hall–Kier alpha value is -0.607. The molecule has 0 aliphatic rings. The predicted molar refractivity (Wildman–Crippen MR) is 48.7 cm³/mol. The molecule has 0 aliphatic heterocycles. The first-order valence-corrected chi connectivity index (χ1v) is 3.44. The molecule has 0 fully saturated rings. The van der Waals surface area contributed by atoms with E-state index in [1.807, 2.05) is 0 Å². The fourth-order valence-electron chi connectivity index (χ4n) is 1.23. The Balaban J connectivity index is -0.000000422. The summed E-state index contributed by atoms with van der Waals surface area (Å²) < 4.78 is 0. The van der Waals surface area contributed by atoms with Gasteiger partial charge in [-0.2, -0.15) is 0 Å². The second-order valence-electron chi connectivity index (χ2n) is 2.53. The van der Waals surface area contributed by atoms with Crippen molar-refractivity contribution >= 4 is 10.8 Å². The van der Waals surface area contributed by atoms with Crippen molar-refractivity contribution in [2.24, 2.45) is 0 Å². The molecule has 0 spiro atoms. The molecule has 82 valence electrons. The smallest absolute Gasteiger partial charge is 1.00 e. The van der Waals surface area contributed by atoms with E-state index in [1.165, 1.54) is 12.1 Å². The molecular formula is C9H6Cl2O4Zn. The minimum Gasteiger partial charge on any atom is -1.00 e. The third-order valence-corrected chi connectivity index (χ3v) is 1.83. The van der Waals surface area contributed by atoms with E-state index in [1.54, 1.807) is 12.1 Å². The molecule has 0 radical (unpaired) electrons. The van der Waals surface area contributed by atoms with Crippen LogP contribution in [0.2, 0.25) is 0 Å². The minimum atomic E-state index is -0.920. The van der Waals surface area contributed by atoms with Gasteiger partial charge in [0.1, 0.15) is 0 Å². The molecule has 2 N–H and O–H groups in total. The van der Waals surface area contributed by atoms with Crippen molar-refractivity contribution < 1.29 is 49.8 Å². The van der Waals surface area contributed by atoms with E-state index in [-0.39, 0.29) is 60.5 Å². The summed E-state index contributed by atoms with van der Waals surface area (Å²) in [5.74, 6) is 0. The first-order valence-electron chi connectivity index (χ1n) is 3.44. The summed E-state index contributed by atoms with van der Waals surface area (Å²) in [5.41, 5.74) is -2.29. The van der Waals surface area contributed by atoms with Gasteiger partial charge in [-0.1, -0.05) is 24.3 Å². The molecule has 0 atom stereocenters. The van der Waals surface area contributed by atoms with Crippen molar-refractivity contribution in [2.45, 2.75) is 0 Å². The van der Waals surface area contributed by atoms with Crippen molar-refractivity contribution in [1.29, 1.82) is 0 Å². The van der Waals surface area contributed by atoms with Crippen LogP contribution in [-0.2, 0) is 19.5 Å². The molecule has 0 aromatic heterocycles. The Labute approximate surface area is 115 Å². The summed E-state index contributed by atoms with van der Waals surface area (Å²) in [7, 11) is 0. The largest absolute Gasteiger partial charge is 2.00 e. The summed E-state index contributed by atoms with van der Waals surface area (Å²) in [6.45, 7) is 0. The minimum absolute atomic E-state index is 0. The zero-order valence-electron chi connectivity index (χ0n) is 8.00. The Morgan fingerprint density at radius 3 is 1.31 bits per heavy atom. The fraction of sp³-hybridized carbons (Fsp3) is 0. The molecule has 2 rings (SSSR count). The van der Waals surface area contributed by atoms with Gasteiger partial charge in [-0.05, 0) is 0 Å². The second kappa shape index (κ2) is 7.63. The van der Waals surface area contributed by atoms with Crippen LogP contribution in [0.1, 0.15) is 0 Å². The van der Waals surface area contributed by atoms with E-state index in [0.717, 1.165) is 0 Å². The van der Waals surface area contributed by atoms with Crippen LogP contribution >= 0.6 is 0 Å². The van der Waals surface area contributed by atoms with Crippen LogP contribution < -0.4 is 41.1 Å². The van der Waals surface area contributed by atoms with Crippen LogP contribution in [0, 0.1) is 0 Å². The topological polar surface area (TPSA) is 82.7 Å². The normalized spacial score (nSPS) is 8.00. The third-order valence-electron chi connectivity index (χ3n) is 1.83. The number of hydrogen-bond donors (Lipinski definition) is 0. The number of fused-ring (bicyclic) bond motifs is 1. The van der Waals surface area contributed by atoms with E-state index < -0.39 is 16.3 Å². The first kappa shape index (κ1) is 20.8. The zero-order chi connectivity index (χ0) is 8.72. The van der Waals surface area contributed by atoms with Gasteiger partial charge in [0, 0.05) is 10.8 Å². The van der Waals surface area contributed by atoms with Crippen LogP contribution in [0.3, 0.4) is 0 Å². The monoisotopic (exact) mass is 312 g/mol. The molecule has 0 unspecified atom stereocenters. The molecule has 2 aromatic carbocycles. The van der Waals surface area contributed by atoms with Crippen molar-refractivity contribution in [3.8, 4) is 0 Å². The number of halogens is 2. The molecule has 0 saturated carbocycles. The fourth-order valence-corrected chi connectivity index (χ4v) is 1.23. The number of hydrogen-bond acceptors (Lipinski definition) is 3. The first-order chi connectivity index (χ1) is 5.72. The van der Waals surface area contributed by atoms with Crippen LogP contribution in [0.15, 0.2) is 38.6 Å². The van der Waals surface area contributed by atoms with Gasteiger partial charge in [-0.3, -0.25) is 14.4 Å². The molecule has 4 nitrogen and oxygen atoms in total. The van der Waals surface area contributed by atoms with E-state index in [9.17, 15) is 14.4 Å². The number of benzene rings is 1. The average molecular weight is 314 g/mol. The Morgan fingerprint density at radius 2 is 1.00 bits per heavy atom. The molecule has 2 aromatic rings. The van der Waals surface area contributed by atoms with Crippen LogP contribution in [-0.4, -0.2) is 5.48 Å². The maximum atomic E-state index is 11.0. The summed E-state index contributed by atoms with van der Waals surface area (Å²) in [5, 5.41) is 0.458. The predicted octanol–water partition coefficient (Wildman–Crippen LogP) is -7.02. The molecule has 0 saturated heterocycles. The van der Waals surface area contributed by atoms with Crippen molar-refractivity contribution in [3.05, 3.63) is 54.9 Å². The molecular weight excluding hydrogens is 308 g/mol. The van der Waals surface area contributed by atoms with Gasteiger partial charge in [-0.25, -0.2) is 0 Å². The van der Waals surface area contributed by atoms with E-state index in [2.05, 4.69) is 0 Å². The van der Waals surface area contributed by atoms with Gasteiger partial charge < -0.3 is 30.3 Å². The Morgan fingerprint density at radius 1 is 0.688 bits per heavy atom. The van der Waals surface area contributed by atoms with Gasteiger partial charge in [0.05, 0.1) is 0 Å². The molecule has 0 aliphatic carbocycles. The van der Waals surface area contributed by atoms with Gasteiger partial charge >= 0.3 is 19.5 Å². The van der Waals surface area contributed by atoms with Crippen molar-refractivity contribution in [1.82, 2.24) is 0 Å². The van der Waals surface area contributed by atoms with Crippen molar-refractivity contribution in [2.75, 3.05) is 0 Å². The van der Waals surface area contributed by atoms with Gasteiger partial charge in [0.2, 0.25) is 10.9 Å². The molecule has 16 heavy (non-hydrogen) atoms. The van der Waals surface area contributed by atoms with Crippen LogP contribution in [0.25, 0.3) is 10.8 Å². The second-order valence-corrected chi connectivity index (χ2v) is 2.53. The summed E-state index contributed by atoms with van der Waals surface area (Å²) >= 11 is 0. The van der Waals surface area contributed by atoms with E-state index in [0.29, 0.717) is 0 Å². The molecule has 7 heteroatoms. The average Bonchev–Trinajstić information content (AvgIpc) is 2.33. The number of rotatable bonds is 0. The Bertz CT molecular complexity index is 540. The van der Waals surface area contributed by atoms with Crippen molar-refractivity contribution in [3.63, 3.8) is 0 Å². The molecule has 0 bridgehead atoms. The van der Waals surface area contributed by atoms with Gasteiger partial charge in [0.25, 0.3) is 5.43 Å².